The molecule has 3 nitrogen and oxygen atoms in total. The van der Waals surface area contributed by atoms with Crippen LogP contribution >= 0.6 is 15.9 Å². The van der Waals surface area contributed by atoms with Gasteiger partial charge in [0.1, 0.15) is 0 Å². The average Bonchev–Trinajstić information content (AvgIpc) is 2.66. The fourth-order valence-electron chi connectivity index (χ4n) is 2.26. The van der Waals surface area contributed by atoms with Gasteiger partial charge in [0.15, 0.2) is 8.24 Å². The van der Waals surface area contributed by atoms with Crippen molar-refractivity contribution < 1.29 is 10.0 Å². The first-order valence-electron chi connectivity index (χ1n) is 6.73. The molecule has 0 unspecified atom stereocenters. The van der Waals surface area contributed by atoms with Crippen molar-refractivity contribution in [3.63, 3.8) is 0 Å². The summed E-state index contributed by atoms with van der Waals surface area (Å²) in [4.78, 5) is 0. The summed E-state index contributed by atoms with van der Waals surface area (Å²) in [5, 5.41) is 20.3. The second kappa shape index (κ2) is 5.02. The largest absolute Gasteiger partial charge is 0.490 e. The van der Waals surface area contributed by atoms with E-state index in [0.29, 0.717) is 5.46 Å². The van der Waals surface area contributed by atoms with Crippen molar-refractivity contribution in [1.29, 1.82) is 0 Å². The standard InChI is InChI=1S/C14H21BBrNO2Si/c1-14(2,3)20(4,5)17-9-12(15(18)19)11-7-6-10(16)8-13(11)17/h6-9,18-19H,1-5H3. The van der Waals surface area contributed by atoms with E-state index in [-0.39, 0.29) is 5.04 Å². The lowest BCUT2D eigenvalue weighted by Gasteiger charge is -2.38. The van der Waals surface area contributed by atoms with Gasteiger partial charge in [0.2, 0.25) is 0 Å². The fraction of sp³-hybridized carbons (Fsp3) is 0.429. The highest BCUT2D eigenvalue weighted by molar-refractivity contribution is 9.10. The van der Waals surface area contributed by atoms with Gasteiger partial charge in [-0.15, -0.1) is 0 Å². The first-order chi connectivity index (χ1) is 9.05. The van der Waals surface area contributed by atoms with Gasteiger partial charge in [0.25, 0.3) is 0 Å². The van der Waals surface area contributed by atoms with Crippen molar-refractivity contribution in [2.45, 2.75) is 38.9 Å². The number of hydrogen-bond donors (Lipinski definition) is 2. The van der Waals surface area contributed by atoms with Gasteiger partial charge in [0.05, 0.1) is 0 Å². The molecule has 1 heterocycles. The molecule has 0 aliphatic heterocycles. The summed E-state index contributed by atoms with van der Waals surface area (Å²) < 4.78 is 3.28. The SMILES string of the molecule is CC(C)(C)[Si](C)(C)n1cc(B(O)O)c2ccc(Br)cc21. The summed E-state index contributed by atoms with van der Waals surface area (Å²) in [5.41, 5.74) is 1.64. The van der Waals surface area contributed by atoms with Crippen molar-refractivity contribution >= 4 is 47.6 Å². The Bertz CT molecular complexity index is 646. The van der Waals surface area contributed by atoms with Gasteiger partial charge in [-0.1, -0.05) is 55.9 Å². The highest BCUT2D eigenvalue weighted by Gasteiger charge is 2.39. The maximum Gasteiger partial charge on any atom is 0.490 e. The highest BCUT2D eigenvalue weighted by atomic mass is 79.9. The number of halogens is 1. The fourth-order valence-corrected chi connectivity index (χ4v) is 4.58. The Labute approximate surface area is 130 Å². The van der Waals surface area contributed by atoms with Gasteiger partial charge < -0.3 is 14.3 Å². The Morgan fingerprint density at radius 2 is 1.80 bits per heavy atom. The van der Waals surface area contributed by atoms with Crippen LogP contribution in [0.15, 0.2) is 28.9 Å². The van der Waals surface area contributed by atoms with Crippen LogP contribution in [0.2, 0.25) is 18.1 Å². The maximum absolute atomic E-state index is 9.62. The number of fused-ring (bicyclic) bond motifs is 1. The minimum absolute atomic E-state index is 0.166. The minimum atomic E-state index is -1.82. The Hall–Kier alpha value is -0.558. The molecule has 6 heteroatoms. The normalized spacial score (nSPS) is 13.0. The van der Waals surface area contributed by atoms with Crippen LogP contribution in [0, 0.1) is 0 Å². The van der Waals surface area contributed by atoms with Crippen LogP contribution in [0.5, 0.6) is 0 Å². The predicted molar refractivity (Wildman–Crippen MR) is 92.1 cm³/mol. The van der Waals surface area contributed by atoms with Crippen LogP contribution in [0.3, 0.4) is 0 Å². The van der Waals surface area contributed by atoms with Crippen molar-refractivity contribution in [2.24, 2.45) is 0 Å². The average molecular weight is 354 g/mol. The summed E-state index contributed by atoms with van der Waals surface area (Å²) in [6.07, 6.45) is 1.92. The predicted octanol–water partition coefficient (Wildman–Crippen LogP) is 2.94. The molecule has 2 N–H and O–H groups in total. The van der Waals surface area contributed by atoms with E-state index in [2.05, 4.69) is 60.1 Å². The lowest BCUT2D eigenvalue weighted by Crippen LogP contribution is -2.45. The zero-order valence-corrected chi connectivity index (χ0v) is 15.2. The van der Waals surface area contributed by atoms with Gasteiger partial charge in [-0.3, -0.25) is 0 Å². The zero-order chi connectivity index (χ0) is 15.3. The van der Waals surface area contributed by atoms with Crippen molar-refractivity contribution in [3.8, 4) is 0 Å². The number of benzene rings is 1. The minimum Gasteiger partial charge on any atom is -0.423 e. The van der Waals surface area contributed by atoms with E-state index < -0.39 is 15.4 Å². The highest BCUT2D eigenvalue weighted by Crippen LogP contribution is 2.38. The van der Waals surface area contributed by atoms with Crippen LogP contribution in [0.4, 0.5) is 0 Å². The lowest BCUT2D eigenvalue weighted by atomic mass is 9.80. The molecule has 0 bridgehead atoms. The molecule has 0 aliphatic rings. The Morgan fingerprint density at radius 1 is 1.20 bits per heavy atom. The molecule has 0 saturated heterocycles. The third kappa shape index (κ3) is 2.50. The van der Waals surface area contributed by atoms with Gasteiger partial charge >= 0.3 is 7.12 Å². The molecule has 0 saturated carbocycles. The molecular formula is C14H21BBrNO2Si. The van der Waals surface area contributed by atoms with Crippen molar-refractivity contribution in [1.82, 2.24) is 4.23 Å². The molecule has 1 aromatic carbocycles. The second-order valence-electron chi connectivity index (χ2n) is 6.80. The first kappa shape index (κ1) is 15.8. The monoisotopic (exact) mass is 353 g/mol. The van der Waals surface area contributed by atoms with E-state index in [4.69, 9.17) is 0 Å². The van der Waals surface area contributed by atoms with E-state index in [1.807, 2.05) is 18.3 Å². The third-order valence-corrected chi connectivity index (χ3v) is 10.3. The lowest BCUT2D eigenvalue weighted by molar-refractivity contribution is 0.426. The van der Waals surface area contributed by atoms with Crippen LogP contribution in [-0.2, 0) is 0 Å². The number of rotatable bonds is 2. The second-order valence-corrected chi connectivity index (χ2v) is 12.8. The molecule has 1 aromatic heterocycles. The van der Waals surface area contributed by atoms with Gasteiger partial charge in [0, 0.05) is 15.5 Å². The van der Waals surface area contributed by atoms with Crippen LogP contribution in [0.1, 0.15) is 20.8 Å². The molecule has 0 aliphatic carbocycles. The summed E-state index contributed by atoms with van der Waals surface area (Å²) >= 11 is 3.51. The van der Waals surface area contributed by atoms with Crippen molar-refractivity contribution in [3.05, 3.63) is 28.9 Å². The van der Waals surface area contributed by atoms with E-state index in [1.54, 1.807) is 0 Å². The van der Waals surface area contributed by atoms with Crippen LogP contribution in [0.25, 0.3) is 10.9 Å². The van der Waals surface area contributed by atoms with Crippen LogP contribution < -0.4 is 5.46 Å². The Kier molecular flexibility index (Phi) is 3.97. The van der Waals surface area contributed by atoms with Gasteiger partial charge in [-0.05, 0) is 28.8 Å². The molecule has 0 fully saturated rings. The molecule has 108 valence electrons. The number of nitrogens with zero attached hydrogens (tertiary/aromatic N) is 1. The van der Waals surface area contributed by atoms with E-state index >= 15 is 0 Å². The van der Waals surface area contributed by atoms with Gasteiger partial charge in [-0.25, -0.2) is 0 Å². The molecule has 20 heavy (non-hydrogen) atoms. The molecule has 2 aromatic rings. The molecule has 0 spiro atoms. The summed E-state index contributed by atoms with van der Waals surface area (Å²) in [7, 11) is -3.26. The molecule has 0 atom stereocenters. The summed E-state index contributed by atoms with van der Waals surface area (Å²) in [5.74, 6) is 0. The Morgan fingerprint density at radius 3 is 2.30 bits per heavy atom. The third-order valence-electron chi connectivity index (χ3n) is 4.51. The molecule has 0 amide bonds. The summed E-state index contributed by atoms with van der Waals surface area (Å²) in [6.45, 7) is 11.4. The summed E-state index contributed by atoms with van der Waals surface area (Å²) in [6, 6.07) is 5.93. The van der Waals surface area contributed by atoms with Gasteiger partial charge in [-0.2, -0.15) is 0 Å². The maximum atomic E-state index is 9.62. The molecular weight excluding hydrogens is 333 g/mol. The van der Waals surface area contributed by atoms with Crippen LogP contribution in [-0.4, -0.2) is 29.6 Å². The van der Waals surface area contributed by atoms with Crippen molar-refractivity contribution in [2.75, 3.05) is 0 Å². The van der Waals surface area contributed by atoms with E-state index in [0.717, 1.165) is 15.4 Å². The number of hydrogen-bond acceptors (Lipinski definition) is 2. The molecule has 2 rings (SSSR count). The molecule has 0 radical (unpaired) electrons. The topological polar surface area (TPSA) is 45.4 Å². The Balaban J connectivity index is 2.80. The zero-order valence-electron chi connectivity index (χ0n) is 12.6. The first-order valence-corrected chi connectivity index (χ1v) is 10.5. The number of aromatic nitrogens is 1. The quantitative estimate of drug-likeness (QED) is 0.815. The van der Waals surface area contributed by atoms with E-state index in [1.165, 1.54) is 0 Å². The van der Waals surface area contributed by atoms with E-state index in [9.17, 15) is 10.0 Å². The smallest absolute Gasteiger partial charge is 0.423 e.